The van der Waals surface area contributed by atoms with Gasteiger partial charge in [0, 0.05) is 23.6 Å². The van der Waals surface area contributed by atoms with Gasteiger partial charge < -0.3 is 0 Å². The number of Topliss-reactive ketones (excluding diaryl/α,β-unsaturated/α-hetero) is 1. The van der Waals surface area contributed by atoms with Crippen LogP contribution in [0.1, 0.15) is 41.0 Å². The lowest BCUT2D eigenvalue weighted by Crippen LogP contribution is -2.56. The summed E-state index contributed by atoms with van der Waals surface area (Å²) in [7, 11) is 0. The summed E-state index contributed by atoms with van der Waals surface area (Å²) in [4.78, 5) is 14.1. The van der Waals surface area contributed by atoms with Crippen LogP contribution in [-0.4, -0.2) is 39.8 Å². The third kappa shape index (κ3) is 2.76. The summed E-state index contributed by atoms with van der Waals surface area (Å²) in [5, 5.41) is 1.28. The minimum atomic E-state index is -0.247. The van der Waals surface area contributed by atoms with E-state index in [0.717, 1.165) is 19.5 Å². The van der Waals surface area contributed by atoms with E-state index < -0.39 is 0 Å². The Balaban J connectivity index is 2.80. The van der Waals surface area contributed by atoms with Crippen molar-refractivity contribution in [2.45, 2.75) is 57.1 Å². The molecule has 3 heteroatoms. The van der Waals surface area contributed by atoms with E-state index in [4.69, 9.17) is 0 Å². The van der Waals surface area contributed by atoms with Crippen molar-refractivity contribution in [1.82, 2.24) is 4.90 Å². The molecule has 15 heavy (non-hydrogen) atoms. The Hall–Kier alpha value is -0.0200. The van der Waals surface area contributed by atoms with Gasteiger partial charge in [-0.1, -0.05) is 20.8 Å². The van der Waals surface area contributed by atoms with Crippen LogP contribution in [0.5, 0.6) is 0 Å². The average molecular weight is 229 g/mol. The Labute approximate surface area is 97.8 Å². The summed E-state index contributed by atoms with van der Waals surface area (Å²) >= 11 is 2.03. The van der Waals surface area contributed by atoms with Crippen molar-refractivity contribution in [3.05, 3.63) is 0 Å². The smallest absolute Gasteiger partial charge is 0.149 e. The molecule has 0 aromatic rings. The fourth-order valence-corrected chi connectivity index (χ4v) is 3.60. The van der Waals surface area contributed by atoms with Crippen molar-refractivity contribution in [2.75, 3.05) is 13.1 Å². The molecule has 0 amide bonds. The fraction of sp³-hybridized carbons (Fsp3) is 0.917. The van der Waals surface area contributed by atoms with E-state index in [1.165, 1.54) is 0 Å². The molecule has 1 rings (SSSR count). The number of nitrogens with zero attached hydrogens (tertiary/aromatic N) is 1. The maximum absolute atomic E-state index is 11.8. The largest absolute Gasteiger partial charge is 0.298 e. The zero-order valence-electron chi connectivity index (χ0n) is 10.5. The zero-order valence-corrected chi connectivity index (χ0v) is 11.4. The third-order valence-electron chi connectivity index (χ3n) is 3.56. The number of ketones is 1. The molecule has 0 N–H and O–H groups in total. The Morgan fingerprint density at radius 2 is 1.87 bits per heavy atom. The number of carbonyl (C=O) groups is 1. The quantitative estimate of drug-likeness (QED) is 0.742. The topological polar surface area (TPSA) is 20.3 Å². The number of hydrogen-bond acceptors (Lipinski definition) is 3. The molecule has 3 atom stereocenters. The molecule has 1 aliphatic heterocycles. The second-order valence-corrected chi connectivity index (χ2v) is 6.73. The molecule has 1 heterocycles. The first-order valence-electron chi connectivity index (χ1n) is 5.81. The van der Waals surface area contributed by atoms with E-state index in [1.54, 1.807) is 6.92 Å². The van der Waals surface area contributed by atoms with E-state index >= 15 is 0 Å². The first kappa shape index (κ1) is 13.0. The van der Waals surface area contributed by atoms with E-state index in [0.29, 0.717) is 16.3 Å². The van der Waals surface area contributed by atoms with Crippen LogP contribution in [-0.2, 0) is 4.79 Å². The number of thioether (sulfide) groups is 1. The molecule has 3 unspecified atom stereocenters. The predicted octanol–water partition coefficient (Wildman–Crippen LogP) is 2.57. The Kier molecular flexibility index (Phi) is 4.24. The van der Waals surface area contributed by atoms with Crippen molar-refractivity contribution in [3.8, 4) is 0 Å². The lowest BCUT2D eigenvalue weighted by molar-refractivity contribution is -0.128. The third-order valence-corrected chi connectivity index (χ3v) is 4.79. The maximum Gasteiger partial charge on any atom is 0.149 e. The van der Waals surface area contributed by atoms with Gasteiger partial charge in [-0.25, -0.2) is 0 Å². The molecular weight excluding hydrogens is 206 g/mol. The molecule has 0 spiro atoms. The van der Waals surface area contributed by atoms with Crippen LogP contribution in [0.25, 0.3) is 0 Å². The highest BCUT2D eigenvalue weighted by atomic mass is 32.2. The minimum Gasteiger partial charge on any atom is -0.298 e. The molecule has 0 aromatic carbocycles. The van der Waals surface area contributed by atoms with Gasteiger partial charge in [-0.15, -0.1) is 0 Å². The standard InChI is InChI=1S/C12H23NOS/c1-6-12(5,11(4)14)13-7-9(2)15-10(3)8-13/h9-10H,6-8H2,1-5H3. The van der Waals surface area contributed by atoms with Gasteiger partial charge in [0.15, 0.2) is 0 Å². The summed E-state index contributed by atoms with van der Waals surface area (Å²) in [5.41, 5.74) is -0.247. The summed E-state index contributed by atoms with van der Waals surface area (Å²) < 4.78 is 0. The van der Waals surface area contributed by atoms with E-state index in [2.05, 4.69) is 32.6 Å². The predicted molar refractivity (Wildman–Crippen MR) is 67.5 cm³/mol. The monoisotopic (exact) mass is 229 g/mol. The normalized spacial score (nSPS) is 32.3. The highest BCUT2D eigenvalue weighted by molar-refractivity contribution is 8.00. The van der Waals surface area contributed by atoms with E-state index in [9.17, 15) is 4.79 Å². The molecule has 0 aliphatic carbocycles. The van der Waals surface area contributed by atoms with Crippen molar-refractivity contribution in [2.24, 2.45) is 0 Å². The zero-order chi connectivity index (χ0) is 11.6. The second-order valence-electron chi connectivity index (χ2n) is 4.85. The molecule has 0 radical (unpaired) electrons. The molecule has 0 saturated carbocycles. The molecule has 2 nitrogen and oxygen atoms in total. The van der Waals surface area contributed by atoms with Gasteiger partial charge in [-0.05, 0) is 20.3 Å². The van der Waals surface area contributed by atoms with Crippen LogP contribution in [0.3, 0.4) is 0 Å². The van der Waals surface area contributed by atoms with Crippen LogP contribution >= 0.6 is 11.8 Å². The Bertz CT molecular complexity index is 234. The van der Waals surface area contributed by atoms with Crippen LogP contribution < -0.4 is 0 Å². The summed E-state index contributed by atoms with van der Waals surface area (Å²) in [5.74, 6) is 0.302. The molecular formula is C12H23NOS. The van der Waals surface area contributed by atoms with Crippen molar-refractivity contribution in [3.63, 3.8) is 0 Å². The lowest BCUT2D eigenvalue weighted by atomic mass is 9.91. The summed E-state index contributed by atoms with van der Waals surface area (Å²) in [6, 6.07) is 0. The van der Waals surface area contributed by atoms with Crippen molar-refractivity contribution < 1.29 is 4.79 Å². The van der Waals surface area contributed by atoms with Gasteiger partial charge in [0.05, 0.1) is 5.54 Å². The van der Waals surface area contributed by atoms with Crippen molar-refractivity contribution in [1.29, 1.82) is 0 Å². The molecule has 1 saturated heterocycles. The van der Waals surface area contributed by atoms with E-state index in [-0.39, 0.29) is 5.54 Å². The molecule has 1 fully saturated rings. The lowest BCUT2D eigenvalue weighted by Gasteiger charge is -2.45. The van der Waals surface area contributed by atoms with Crippen LogP contribution in [0.2, 0.25) is 0 Å². The Morgan fingerprint density at radius 1 is 1.40 bits per heavy atom. The van der Waals surface area contributed by atoms with Crippen molar-refractivity contribution >= 4 is 17.5 Å². The number of carbonyl (C=O) groups excluding carboxylic acids is 1. The van der Waals surface area contributed by atoms with Gasteiger partial charge in [0.2, 0.25) is 0 Å². The molecule has 88 valence electrons. The van der Waals surface area contributed by atoms with Crippen LogP contribution in [0.15, 0.2) is 0 Å². The van der Waals surface area contributed by atoms with Gasteiger partial charge in [-0.3, -0.25) is 9.69 Å². The summed E-state index contributed by atoms with van der Waals surface area (Å²) in [6.07, 6.45) is 0.909. The highest BCUT2D eigenvalue weighted by Crippen LogP contribution is 2.31. The first-order valence-corrected chi connectivity index (χ1v) is 6.76. The number of hydrogen-bond donors (Lipinski definition) is 0. The van der Waals surface area contributed by atoms with Gasteiger partial charge >= 0.3 is 0 Å². The SMILES string of the molecule is CCC(C)(C(C)=O)N1CC(C)SC(C)C1. The minimum absolute atomic E-state index is 0.247. The molecule has 0 bridgehead atoms. The van der Waals surface area contributed by atoms with Gasteiger partial charge in [0.1, 0.15) is 5.78 Å². The molecule has 0 aromatic heterocycles. The maximum atomic E-state index is 11.8. The summed E-state index contributed by atoms with van der Waals surface area (Å²) in [6.45, 7) is 12.5. The van der Waals surface area contributed by atoms with Crippen LogP contribution in [0, 0.1) is 0 Å². The Morgan fingerprint density at radius 3 is 2.20 bits per heavy atom. The second kappa shape index (κ2) is 4.88. The fourth-order valence-electron chi connectivity index (χ4n) is 2.28. The molecule has 1 aliphatic rings. The van der Waals surface area contributed by atoms with Crippen LogP contribution in [0.4, 0.5) is 0 Å². The highest BCUT2D eigenvalue weighted by Gasteiger charge is 2.38. The average Bonchev–Trinajstić information content (AvgIpc) is 2.14. The van der Waals surface area contributed by atoms with Gasteiger partial charge in [-0.2, -0.15) is 11.8 Å². The first-order chi connectivity index (χ1) is 6.90. The van der Waals surface area contributed by atoms with E-state index in [1.807, 2.05) is 11.8 Å². The number of rotatable bonds is 3. The van der Waals surface area contributed by atoms with Gasteiger partial charge in [0.25, 0.3) is 0 Å².